The Morgan fingerprint density at radius 3 is 2.06 bits per heavy atom. The monoisotopic (exact) mass is 258 g/mol. The summed E-state index contributed by atoms with van der Waals surface area (Å²) in [6.07, 6.45) is -0.968. The van der Waals surface area contributed by atoms with Crippen LogP contribution in [0.3, 0.4) is 0 Å². The second-order valence-corrected chi connectivity index (χ2v) is 4.59. The Bertz CT molecular complexity index is 346. The molecule has 0 aromatic carbocycles. The van der Waals surface area contributed by atoms with E-state index in [2.05, 4.69) is 9.47 Å². The Balaban J connectivity index is 3.28. The van der Waals surface area contributed by atoms with Gasteiger partial charge in [-0.1, -0.05) is 6.92 Å². The van der Waals surface area contributed by atoms with Crippen LogP contribution in [0, 0.1) is 11.3 Å². The summed E-state index contributed by atoms with van der Waals surface area (Å²) in [5.74, 6) is -2.02. The quantitative estimate of drug-likeness (QED) is 0.536. The van der Waals surface area contributed by atoms with E-state index in [-0.39, 0.29) is 12.3 Å². The van der Waals surface area contributed by atoms with Gasteiger partial charge in [-0.3, -0.25) is 14.4 Å². The first-order valence-electron chi connectivity index (χ1n) is 5.69. The van der Waals surface area contributed by atoms with Crippen molar-refractivity contribution in [2.24, 2.45) is 11.3 Å². The van der Waals surface area contributed by atoms with Crippen LogP contribution in [0.1, 0.15) is 20.3 Å². The van der Waals surface area contributed by atoms with Crippen LogP contribution in [0.25, 0.3) is 0 Å². The lowest BCUT2D eigenvalue weighted by Gasteiger charge is -2.40. The molecule has 1 aliphatic heterocycles. The first kappa shape index (κ1) is 14.6. The van der Waals surface area contributed by atoms with Crippen LogP contribution >= 0.6 is 0 Å². The van der Waals surface area contributed by atoms with E-state index in [1.54, 1.807) is 0 Å². The van der Waals surface area contributed by atoms with Crippen LogP contribution in [-0.4, -0.2) is 44.7 Å². The van der Waals surface area contributed by atoms with E-state index in [9.17, 15) is 14.4 Å². The lowest BCUT2D eigenvalue weighted by molar-refractivity contribution is -0.195. The highest BCUT2D eigenvalue weighted by molar-refractivity contribution is 6.06. The van der Waals surface area contributed by atoms with Crippen LogP contribution < -0.4 is 0 Å². The summed E-state index contributed by atoms with van der Waals surface area (Å²) in [5.41, 5.74) is -1.69. The fourth-order valence-electron chi connectivity index (χ4n) is 2.41. The lowest BCUT2D eigenvalue weighted by Crippen LogP contribution is -2.58. The van der Waals surface area contributed by atoms with Gasteiger partial charge in [0.15, 0.2) is 11.2 Å². The molecule has 1 aliphatic rings. The van der Waals surface area contributed by atoms with Crippen molar-refractivity contribution in [3.05, 3.63) is 0 Å². The second-order valence-electron chi connectivity index (χ2n) is 4.59. The SMILES string of the molecule is COC(=O)C1(C(=O)OC)C[C@@H](C)CO[C@H]1C(C)=O. The third-order valence-electron chi connectivity index (χ3n) is 3.13. The molecular formula is C12H18O6. The largest absolute Gasteiger partial charge is 0.468 e. The topological polar surface area (TPSA) is 78.9 Å². The van der Waals surface area contributed by atoms with Crippen molar-refractivity contribution in [1.29, 1.82) is 0 Å². The average Bonchev–Trinajstić information content (AvgIpc) is 2.35. The zero-order chi connectivity index (χ0) is 13.9. The van der Waals surface area contributed by atoms with E-state index in [0.29, 0.717) is 6.61 Å². The molecule has 0 aromatic rings. The third-order valence-corrected chi connectivity index (χ3v) is 3.13. The van der Waals surface area contributed by atoms with Crippen molar-refractivity contribution in [1.82, 2.24) is 0 Å². The smallest absolute Gasteiger partial charge is 0.326 e. The minimum absolute atomic E-state index is 0.0428. The number of hydrogen-bond donors (Lipinski definition) is 0. The summed E-state index contributed by atoms with van der Waals surface area (Å²) in [4.78, 5) is 35.6. The van der Waals surface area contributed by atoms with Gasteiger partial charge in [0.25, 0.3) is 0 Å². The number of hydrogen-bond acceptors (Lipinski definition) is 6. The highest BCUT2D eigenvalue weighted by Gasteiger charge is 2.59. The Morgan fingerprint density at radius 2 is 1.67 bits per heavy atom. The molecule has 0 spiro atoms. The minimum Gasteiger partial charge on any atom is -0.468 e. The predicted octanol–water partition coefficient (Wildman–Crippen LogP) is 0.333. The molecular weight excluding hydrogens is 240 g/mol. The Kier molecular flexibility index (Phi) is 4.45. The van der Waals surface area contributed by atoms with Crippen LogP contribution in [-0.2, 0) is 28.6 Å². The lowest BCUT2D eigenvalue weighted by atomic mass is 9.72. The van der Waals surface area contributed by atoms with Crippen molar-refractivity contribution in [3.63, 3.8) is 0 Å². The van der Waals surface area contributed by atoms with Crippen LogP contribution in [0.15, 0.2) is 0 Å². The number of esters is 2. The summed E-state index contributed by atoms with van der Waals surface area (Å²) >= 11 is 0. The van der Waals surface area contributed by atoms with Gasteiger partial charge in [0, 0.05) is 0 Å². The predicted molar refractivity (Wildman–Crippen MR) is 60.7 cm³/mol. The Labute approximate surface area is 106 Å². The maximum atomic E-state index is 12.0. The molecule has 1 heterocycles. The van der Waals surface area contributed by atoms with Crippen LogP contribution in [0.4, 0.5) is 0 Å². The van der Waals surface area contributed by atoms with Crippen molar-refractivity contribution in [2.45, 2.75) is 26.4 Å². The van der Waals surface area contributed by atoms with E-state index in [1.165, 1.54) is 21.1 Å². The van der Waals surface area contributed by atoms with E-state index in [1.807, 2.05) is 6.92 Å². The average molecular weight is 258 g/mol. The van der Waals surface area contributed by atoms with Gasteiger partial charge < -0.3 is 14.2 Å². The minimum atomic E-state index is -1.69. The van der Waals surface area contributed by atoms with Crippen LogP contribution in [0.2, 0.25) is 0 Å². The molecule has 1 fully saturated rings. The molecule has 18 heavy (non-hydrogen) atoms. The second kappa shape index (κ2) is 5.48. The standard InChI is InChI=1S/C12H18O6/c1-7-5-12(10(14)16-3,11(15)17-4)9(8(2)13)18-6-7/h7,9H,5-6H2,1-4H3/t7-,9+/m1/s1. The number of ether oxygens (including phenoxy) is 3. The van der Waals surface area contributed by atoms with Gasteiger partial charge in [-0.25, -0.2) is 0 Å². The van der Waals surface area contributed by atoms with Crippen LogP contribution in [0.5, 0.6) is 0 Å². The van der Waals surface area contributed by atoms with E-state index in [0.717, 1.165) is 0 Å². The molecule has 0 bridgehead atoms. The van der Waals surface area contributed by atoms with Crippen molar-refractivity contribution < 1.29 is 28.6 Å². The molecule has 0 N–H and O–H groups in total. The number of Topliss-reactive ketones (excluding diaryl/α,β-unsaturated/α-hetero) is 1. The molecule has 2 atom stereocenters. The van der Waals surface area contributed by atoms with Gasteiger partial charge in [0.2, 0.25) is 0 Å². The molecule has 0 aliphatic carbocycles. The third kappa shape index (κ3) is 2.25. The van der Waals surface area contributed by atoms with E-state index >= 15 is 0 Å². The number of ketones is 1. The molecule has 0 radical (unpaired) electrons. The normalized spacial score (nSPS) is 26.2. The van der Waals surface area contributed by atoms with Crippen molar-refractivity contribution in [3.8, 4) is 0 Å². The first-order chi connectivity index (χ1) is 8.40. The zero-order valence-corrected chi connectivity index (χ0v) is 11.0. The number of methoxy groups -OCH3 is 2. The zero-order valence-electron chi connectivity index (χ0n) is 11.0. The van der Waals surface area contributed by atoms with Crippen molar-refractivity contribution in [2.75, 3.05) is 20.8 Å². The summed E-state index contributed by atoms with van der Waals surface area (Å²) in [7, 11) is 2.34. The summed E-state index contributed by atoms with van der Waals surface area (Å²) in [5, 5.41) is 0. The number of rotatable bonds is 3. The molecule has 0 amide bonds. The molecule has 1 saturated heterocycles. The maximum absolute atomic E-state index is 12.0. The molecule has 0 saturated carbocycles. The van der Waals surface area contributed by atoms with Gasteiger partial charge in [-0.2, -0.15) is 0 Å². The van der Waals surface area contributed by atoms with Gasteiger partial charge in [-0.05, 0) is 19.3 Å². The van der Waals surface area contributed by atoms with Gasteiger partial charge in [0.1, 0.15) is 6.10 Å². The summed E-state index contributed by atoms with van der Waals surface area (Å²) in [6, 6.07) is 0. The Hall–Kier alpha value is -1.43. The van der Waals surface area contributed by atoms with E-state index in [4.69, 9.17) is 4.74 Å². The molecule has 102 valence electrons. The molecule has 0 aromatic heterocycles. The molecule has 1 rings (SSSR count). The van der Waals surface area contributed by atoms with Gasteiger partial charge in [-0.15, -0.1) is 0 Å². The highest BCUT2D eigenvalue weighted by atomic mass is 16.6. The number of carbonyl (C=O) groups is 3. The van der Waals surface area contributed by atoms with Gasteiger partial charge >= 0.3 is 11.9 Å². The van der Waals surface area contributed by atoms with Crippen molar-refractivity contribution >= 4 is 17.7 Å². The van der Waals surface area contributed by atoms with E-state index < -0.39 is 29.2 Å². The Morgan fingerprint density at radius 1 is 1.17 bits per heavy atom. The first-order valence-corrected chi connectivity index (χ1v) is 5.69. The summed E-state index contributed by atoms with van der Waals surface area (Å²) < 4.78 is 14.7. The summed E-state index contributed by atoms with van der Waals surface area (Å²) in [6.45, 7) is 3.43. The fraction of sp³-hybridized carbons (Fsp3) is 0.750. The molecule has 6 heteroatoms. The maximum Gasteiger partial charge on any atom is 0.326 e. The highest BCUT2D eigenvalue weighted by Crippen LogP contribution is 2.39. The van der Waals surface area contributed by atoms with Gasteiger partial charge in [0.05, 0.1) is 20.8 Å². The number of carbonyl (C=O) groups excluding carboxylic acids is 3. The fourth-order valence-corrected chi connectivity index (χ4v) is 2.41. The molecule has 0 unspecified atom stereocenters. The molecule has 6 nitrogen and oxygen atoms in total.